The van der Waals surface area contributed by atoms with Crippen LogP contribution in [0, 0.1) is 12.7 Å². The number of carbonyl (C=O) groups is 3. The highest BCUT2D eigenvalue weighted by Crippen LogP contribution is 2.37. The van der Waals surface area contributed by atoms with Crippen molar-refractivity contribution in [1.29, 1.82) is 0 Å². The first kappa shape index (κ1) is 41.0. The fourth-order valence-electron chi connectivity index (χ4n) is 3.92. The minimum atomic E-state index is -4.56. The number of carboxylic acids is 2. The van der Waals surface area contributed by atoms with Crippen molar-refractivity contribution in [2.45, 2.75) is 44.5 Å². The van der Waals surface area contributed by atoms with Gasteiger partial charge in [0.15, 0.2) is 11.9 Å². The Kier molecular flexibility index (Phi) is 13.4. The molecule has 2 N–H and O–H groups in total. The zero-order valence-corrected chi connectivity index (χ0v) is 28.5. The van der Waals surface area contributed by atoms with E-state index in [0.717, 1.165) is 44.2 Å². The number of nitrogens with zero attached hydrogens (tertiary/aromatic N) is 3. The van der Waals surface area contributed by atoms with Crippen molar-refractivity contribution in [2.75, 3.05) is 0 Å². The fourth-order valence-corrected chi connectivity index (χ4v) is 4.73. The van der Waals surface area contributed by atoms with E-state index in [0.29, 0.717) is 10.7 Å². The van der Waals surface area contributed by atoms with Gasteiger partial charge in [-0.25, -0.2) is 23.3 Å². The minimum absolute atomic E-state index is 0.0246. The molecule has 2 atom stereocenters. The van der Waals surface area contributed by atoms with Gasteiger partial charge in [-0.05, 0) is 67.9 Å². The lowest BCUT2D eigenvalue weighted by Crippen LogP contribution is -2.25. The molecule has 21 heteroatoms. The average Bonchev–Trinajstić information content (AvgIpc) is 3.32. The molecule has 0 radical (unpaired) electrons. The number of esters is 1. The van der Waals surface area contributed by atoms with Gasteiger partial charge in [-0.1, -0.05) is 34.8 Å². The van der Waals surface area contributed by atoms with Crippen LogP contribution in [0.25, 0.3) is 5.69 Å². The molecule has 0 amide bonds. The van der Waals surface area contributed by atoms with Gasteiger partial charge < -0.3 is 19.7 Å². The predicted molar refractivity (Wildman–Crippen MR) is 170 cm³/mol. The number of ether oxygens (including phenoxy) is 2. The maximum atomic E-state index is 14.1. The van der Waals surface area contributed by atoms with Gasteiger partial charge in [-0.15, -0.1) is 16.7 Å². The second kappa shape index (κ2) is 16.7. The Bertz CT molecular complexity index is 2020. The van der Waals surface area contributed by atoms with Crippen LogP contribution in [0.5, 0.6) is 11.5 Å². The largest absolute Gasteiger partial charge is 0.480 e. The van der Waals surface area contributed by atoms with Crippen molar-refractivity contribution < 1.29 is 60.4 Å². The molecule has 3 aromatic carbocycles. The van der Waals surface area contributed by atoms with E-state index in [9.17, 15) is 45.5 Å². The molecule has 0 bridgehead atoms. The third kappa shape index (κ3) is 10.3. The molecule has 0 saturated heterocycles. The van der Waals surface area contributed by atoms with Crippen LogP contribution in [0.4, 0.5) is 26.3 Å². The molecular formula is C30H21Cl4F6N3O8. The van der Waals surface area contributed by atoms with Gasteiger partial charge in [0, 0.05) is 11.4 Å². The number of halogens is 10. The Morgan fingerprint density at radius 1 is 0.941 bits per heavy atom. The molecule has 0 aliphatic rings. The van der Waals surface area contributed by atoms with Crippen LogP contribution >= 0.6 is 46.4 Å². The number of aliphatic carboxylic acids is 2. The second-order valence-electron chi connectivity index (χ2n) is 10.1. The van der Waals surface area contributed by atoms with E-state index < -0.39 is 64.9 Å². The third-order valence-corrected chi connectivity index (χ3v) is 7.78. The summed E-state index contributed by atoms with van der Waals surface area (Å²) in [6, 6.07) is 8.22. The minimum Gasteiger partial charge on any atom is -0.480 e. The SMILES string of the molecule is C[C@H](OC(=O)c1cc(Oc2ccc(C(F)(F)F)cc2Cl)ccc1Cl)C(=O)O.Cc1nn(-c2cc(CC(Cl)C(=O)O)c(Cl)cc2F)c(=O)n1C(F)F. The van der Waals surface area contributed by atoms with E-state index in [-0.39, 0.29) is 54.5 Å². The number of aryl methyl sites for hydroxylation is 1. The smallest absolute Gasteiger partial charge is 0.416 e. The molecule has 4 aromatic rings. The first-order valence-corrected chi connectivity index (χ1v) is 15.3. The van der Waals surface area contributed by atoms with Crippen molar-refractivity contribution >= 4 is 64.3 Å². The number of carbonyl (C=O) groups excluding carboxylic acids is 1. The fraction of sp³-hybridized carbons (Fsp3) is 0.233. The highest BCUT2D eigenvalue weighted by molar-refractivity contribution is 6.34. The van der Waals surface area contributed by atoms with Crippen LogP contribution in [-0.4, -0.2) is 53.9 Å². The molecule has 1 aromatic heterocycles. The van der Waals surface area contributed by atoms with Crippen molar-refractivity contribution in [3.05, 3.63) is 102 Å². The van der Waals surface area contributed by atoms with Crippen LogP contribution in [0.2, 0.25) is 15.1 Å². The third-order valence-electron chi connectivity index (χ3n) is 6.46. The molecule has 1 heterocycles. The summed E-state index contributed by atoms with van der Waals surface area (Å²) in [5.74, 6) is -4.99. The van der Waals surface area contributed by atoms with E-state index in [1.165, 1.54) is 12.1 Å². The van der Waals surface area contributed by atoms with E-state index in [2.05, 4.69) is 5.10 Å². The van der Waals surface area contributed by atoms with Crippen molar-refractivity contribution in [2.24, 2.45) is 0 Å². The summed E-state index contributed by atoms with van der Waals surface area (Å²) in [7, 11) is 0. The van der Waals surface area contributed by atoms with Crippen molar-refractivity contribution in [1.82, 2.24) is 14.3 Å². The quantitative estimate of drug-likeness (QED) is 0.0919. The van der Waals surface area contributed by atoms with Crippen LogP contribution in [0.3, 0.4) is 0 Å². The maximum absolute atomic E-state index is 14.1. The molecule has 0 saturated carbocycles. The Balaban J connectivity index is 0.000000277. The summed E-state index contributed by atoms with van der Waals surface area (Å²) in [5.41, 5.74) is -2.66. The number of hydrogen-bond donors (Lipinski definition) is 2. The predicted octanol–water partition coefficient (Wildman–Crippen LogP) is 8.20. The topological polar surface area (TPSA) is 150 Å². The second-order valence-corrected chi connectivity index (χ2v) is 11.8. The Hall–Kier alpha value is -4.45. The van der Waals surface area contributed by atoms with Crippen LogP contribution in [0.1, 0.15) is 40.8 Å². The van der Waals surface area contributed by atoms with Crippen LogP contribution in [-0.2, 0) is 26.9 Å². The summed E-state index contributed by atoms with van der Waals surface area (Å²) in [6.07, 6.45) is -6.21. The first-order chi connectivity index (χ1) is 23.6. The van der Waals surface area contributed by atoms with Crippen LogP contribution < -0.4 is 10.4 Å². The highest BCUT2D eigenvalue weighted by atomic mass is 35.5. The molecule has 0 spiro atoms. The van der Waals surface area contributed by atoms with E-state index >= 15 is 0 Å². The van der Waals surface area contributed by atoms with Gasteiger partial charge in [-0.3, -0.25) is 4.79 Å². The zero-order chi connectivity index (χ0) is 38.5. The van der Waals surface area contributed by atoms with E-state index in [1.807, 2.05) is 0 Å². The van der Waals surface area contributed by atoms with Gasteiger partial charge in [0.1, 0.15) is 28.4 Å². The molecule has 0 fully saturated rings. The van der Waals surface area contributed by atoms with Crippen molar-refractivity contribution in [3.8, 4) is 17.2 Å². The molecule has 1 unspecified atom stereocenters. The molecular weight excluding hydrogens is 786 g/mol. The summed E-state index contributed by atoms with van der Waals surface area (Å²) in [5, 5.41) is 19.4. The van der Waals surface area contributed by atoms with E-state index in [1.54, 1.807) is 0 Å². The van der Waals surface area contributed by atoms with Crippen LogP contribution in [0.15, 0.2) is 53.3 Å². The Labute approximate surface area is 302 Å². The molecule has 4 rings (SSSR count). The standard InChI is InChI=1S/C17H11Cl2F3O5.C13H10Cl2F3N3O3/c1-8(15(23)24)26-16(25)11-7-10(3-4-12(11)18)27-14-5-2-9(6-13(14)19)17(20,21)22;1-5-19-21(13(24)20(5)12(17)18)10-3-6(2-8(15)11(22)23)7(14)4-9(10)16/h2-8H,1H3,(H,23,24);3-4,8,12H,2H2,1H3,(H,22,23)/t8-;/m0./s1. The van der Waals surface area contributed by atoms with Gasteiger partial charge in [0.05, 0.1) is 21.2 Å². The monoisotopic (exact) mass is 805 g/mol. The average molecular weight is 807 g/mol. The van der Waals surface area contributed by atoms with Gasteiger partial charge in [0.2, 0.25) is 0 Å². The number of benzene rings is 3. The maximum Gasteiger partial charge on any atom is 0.416 e. The summed E-state index contributed by atoms with van der Waals surface area (Å²) < 4.78 is 88.4. The Morgan fingerprint density at radius 3 is 2.12 bits per heavy atom. The summed E-state index contributed by atoms with van der Waals surface area (Å²) >= 11 is 23.2. The number of alkyl halides is 6. The lowest BCUT2D eigenvalue weighted by atomic mass is 10.1. The zero-order valence-electron chi connectivity index (χ0n) is 25.5. The van der Waals surface area contributed by atoms with E-state index in [4.69, 9.17) is 66.1 Å². The molecule has 0 aliphatic carbocycles. The summed E-state index contributed by atoms with van der Waals surface area (Å²) in [4.78, 5) is 45.6. The van der Waals surface area contributed by atoms with Gasteiger partial charge in [-0.2, -0.15) is 26.6 Å². The normalized spacial score (nSPS) is 12.5. The van der Waals surface area contributed by atoms with Crippen molar-refractivity contribution in [3.63, 3.8) is 0 Å². The van der Waals surface area contributed by atoms with Gasteiger partial charge >= 0.3 is 36.3 Å². The first-order valence-electron chi connectivity index (χ1n) is 13.7. The highest BCUT2D eigenvalue weighted by Gasteiger charge is 2.31. The molecule has 11 nitrogen and oxygen atoms in total. The summed E-state index contributed by atoms with van der Waals surface area (Å²) in [6.45, 7) is -0.811. The molecule has 274 valence electrons. The lowest BCUT2D eigenvalue weighted by Gasteiger charge is -2.13. The molecule has 0 aliphatic heterocycles. The molecule has 51 heavy (non-hydrogen) atoms. The van der Waals surface area contributed by atoms with Gasteiger partial charge in [0.25, 0.3) is 0 Å². The number of aromatic nitrogens is 3. The number of hydrogen-bond acceptors (Lipinski definition) is 7. The lowest BCUT2D eigenvalue weighted by molar-refractivity contribution is -0.146. The number of carboxylic acid groups (broad SMARTS) is 2. The Morgan fingerprint density at radius 2 is 1.59 bits per heavy atom. The number of rotatable bonds is 10.